The standard InChI is InChI=1S/C15H29N3O2.ClH/c1-14(2,3)13(20)17-8-5-12(19)18-11-15(4)6-9-16-10-7-15;/h16H,5-11H2,1-4H3,(H,17,20)(H,18,19);1H. The molecule has 1 aliphatic rings. The average molecular weight is 320 g/mol. The van der Waals surface area contributed by atoms with Crippen molar-refractivity contribution in [2.75, 3.05) is 26.2 Å². The summed E-state index contributed by atoms with van der Waals surface area (Å²) in [5.41, 5.74) is -0.200. The van der Waals surface area contributed by atoms with E-state index in [0.29, 0.717) is 13.0 Å². The number of carbonyl (C=O) groups excluding carboxylic acids is 2. The normalized spacial score (nSPS) is 17.5. The summed E-state index contributed by atoms with van der Waals surface area (Å²) in [6, 6.07) is 0. The van der Waals surface area contributed by atoms with Crippen LogP contribution in [-0.2, 0) is 9.59 Å². The average Bonchev–Trinajstić information content (AvgIpc) is 2.36. The second kappa shape index (κ2) is 8.59. The van der Waals surface area contributed by atoms with E-state index in [-0.39, 0.29) is 29.6 Å². The van der Waals surface area contributed by atoms with Crippen LogP contribution in [-0.4, -0.2) is 38.0 Å². The predicted molar refractivity (Wildman–Crippen MR) is 87.6 cm³/mol. The molecule has 0 aliphatic carbocycles. The van der Waals surface area contributed by atoms with Gasteiger partial charge in [-0.2, -0.15) is 0 Å². The van der Waals surface area contributed by atoms with E-state index in [1.165, 1.54) is 0 Å². The van der Waals surface area contributed by atoms with Crippen LogP contribution in [0.25, 0.3) is 0 Å². The van der Waals surface area contributed by atoms with Crippen LogP contribution < -0.4 is 16.0 Å². The molecule has 1 aliphatic heterocycles. The van der Waals surface area contributed by atoms with Crippen molar-refractivity contribution >= 4 is 24.2 Å². The summed E-state index contributed by atoms with van der Waals surface area (Å²) in [4.78, 5) is 23.4. The van der Waals surface area contributed by atoms with E-state index in [2.05, 4.69) is 22.9 Å². The van der Waals surface area contributed by atoms with Gasteiger partial charge in [0.1, 0.15) is 0 Å². The Labute approximate surface area is 134 Å². The quantitative estimate of drug-likeness (QED) is 0.718. The molecule has 5 nitrogen and oxygen atoms in total. The molecule has 0 radical (unpaired) electrons. The first-order valence-electron chi connectivity index (χ1n) is 7.49. The largest absolute Gasteiger partial charge is 0.355 e. The first kappa shape index (κ1) is 20.2. The van der Waals surface area contributed by atoms with Gasteiger partial charge in [0, 0.05) is 24.9 Å². The molecule has 0 unspecified atom stereocenters. The number of piperidine rings is 1. The molecule has 124 valence electrons. The highest BCUT2D eigenvalue weighted by molar-refractivity contribution is 5.85. The Morgan fingerprint density at radius 1 is 1.14 bits per heavy atom. The minimum Gasteiger partial charge on any atom is -0.355 e. The van der Waals surface area contributed by atoms with Gasteiger partial charge in [-0.15, -0.1) is 12.4 Å². The molecule has 21 heavy (non-hydrogen) atoms. The Morgan fingerprint density at radius 2 is 1.71 bits per heavy atom. The summed E-state index contributed by atoms with van der Waals surface area (Å²) in [5, 5.41) is 9.11. The number of rotatable bonds is 5. The minimum absolute atomic E-state index is 0. The van der Waals surface area contributed by atoms with E-state index < -0.39 is 5.41 Å². The van der Waals surface area contributed by atoms with Crippen molar-refractivity contribution in [1.82, 2.24) is 16.0 Å². The van der Waals surface area contributed by atoms with Crippen LogP contribution in [0.5, 0.6) is 0 Å². The Kier molecular flexibility index (Phi) is 8.26. The molecule has 0 saturated carbocycles. The van der Waals surface area contributed by atoms with E-state index >= 15 is 0 Å². The summed E-state index contributed by atoms with van der Waals surface area (Å²) in [5.74, 6) is -0.00502. The molecular formula is C15H30ClN3O2. The van der Waals surface area contributed by atoms with Gasteiger partial charge in [0.25, 0.3) is 0 Å². The van der Waals surface area contributed by atoms with Crippen molar-refractivity contribution in [2.24, 2.45) is 10.8 Å². The number of nitrogens with one attached hydrogen (secondary N) is 3. The van der Waals surface area contributed by atoms with Gasteiger partial charge in [-0.05, 0) is 31.3 Å². The van der Waals surface area contributed by atoms with Gasteiger partial charge in [-0.3, -0.25) is 9.59 Å². The van der Waals surface area contributed by atoms with Crippen LogP contribution in [0.4, 0.5) is 0 Å². The number of hydrogen-bond donors (Lipinski definition) is 3. The van der Waals surface area contributed by atoms with Crippen LogP contribution in [0.15, 0.2) is 0 Å². The van der Waals surface area contributed by atoms with Crippen LogP contribution in [0.2, 0.25) is 0 Å². The van der Waals surface area contributed by atoms with Crippen molar-refractivity contribution in [3.05, 3.63) is 0 Å². The molecule has 0 spiro atoms. The summed E-state index contributed by atoms with van der Waals surface area (Å²) >= 11 is 0. The highest BCUT2D eigenvalue weighted by Crippen LogP contribution is 2.26. The van der Waals surface area contributed by atoms with Crippen LogP contribution in [0.1, 0.15) is 47.0 Å². The minimum atomic E-state index is -0.404. The highest BCUT2D eigenvalue weighted by atomic mass is 35.5. The predicted octanol–water partition coefficient (Wildman–Crippen LogP) is 1.47. The first-order chi connectivity index (χ1) is 9.23. The fourth-order valence-corrected chi connectivity index (χ4v) is 2.16. The maximum atomic E-state index is 11.8. The van der Waals surface area contributed by atoms with Gasteiger partial charge in [0.05, 0.1) is 0 Å². The lowest BCUT2D eigenvalue weighted by Gasteiger charge is -2.34. The molecule has 0 bridgehead atoms. The number of carbonyl (C=O) groups is 2. The Bertz CT molecular complexity index is 347. The zero-order valence-electron chi connectivity index (χ0n) is 13.7. The monoisotopic (exact) mass is 319 g/mol. The number of halogens is 1. The van der Waals surface area contributed by atoms with Gasteiger partial charge in [0.2, 0.25) is 11.8 Å². The molecule has 6 heteroatoms. The van der Waals surface area contributed by atoms with E-state index in [1.54, 1.807) is 0 Å². The lowest BCUT2D eigenvalue weighted by atomic mass is 9.81. The maximum Gasteiger partial charge on any atom is 0.225 e. The third-order valence-corrected chi connectivity index (χ3v) is 3.84. The van der Waals surface area contributed by atoms with E-state index in [4.69, 9.17) is 0 Å². The van der Waals surface area contributed by atoms with Gasteiger partial charge >= 0.3 is 0 Å². The summed E-state index contributed by atoms with van der Waals surface area (Å²) < 4.78 is 0. The van der Waals surface area contributed by atoms with E-state index in [0.717, 1.165) is 32.5 Å². The highest BCUT2D eigenvalue weighted by Gasteiger charge is 2.27. The fraction of sp³-hybridized carbons (Fsp3) is 0.867. The summed E-state index contributed by atoms with van der Waals surface area (Å²) in [6.45, 7) is 11.0. The summed E-state index contributed by atoms with van der Waals surface area (Å²) in [7, 11) is 0. The second-order valence-electron chi connectivity index (χ2n) is 7.09. The van der Waals surface area contributed by atoms with Gasteiger partial charge in [-0.1, -0.05) is 27.7 Å². The molecule has 0 aromatic rings. The molecule has 1 saturated heterocycles. The smallest absolute Gasteiger partial charge is 0.225 e. The van der Waals surface area contributed by atoms with Gasteiger partial charge < -0.3 is 16.0 Å². The van der Waals surface area contributed by atoms with E-state index in [9.17, 15) is 9.59 Å². The second-order valence-corrected chi connectivity index (χ2v) is 7.09. The van der Waals surface area contributed by atoms with E-state index in [1.807, 2.05) is 20.8 Å². The molecule has 0 aromatic heterocycles. The zero-order valence-corrected chi connectivity index (χ0v) is 14.5. The maximum absolute atomic E-state index is 11.8. The van der Waals surface area contributed by atoms with Crippen LogP contribution >= 0.6 is 12.4 Å². The molecular weight excluding hydrogens is 290 g/mol. The topological polar surface area (TPSA) is 70.2 Å². The SMILES string of the molecule is CC1(CNC(=O)CCNC(=O)C(C)(C)C)CCNCC1.Cl. The van der Waals surface area contributed by atoms with Gasteiger partial charge in [-0.25, -0.2) is 0 Å². The molecule has 0 aromatic carbocycles. The third kappa shape index (κ3) is 7.67. The molecule has 1 heterocycles. The van der Waals surface area contributed by atoms with Crippen molar-refractivity contribution in [3.8, 4) is 0 Å². The zero-order chi connectivity index (χ0) is 15.2. The lowest BCUT2D eigenvalue weighted by molar-refractivity contribution is -0.128. The lowest BCUT2D eigenvalue weighted by Crippen LogP contribution is -2.43. The number of amides is 2. The molecule has 3 N–H and O–H groups in total. The molecule has 0 atom stereocenters. The van der Waals surface area contributed by atoms with Crippen molar-refractivity contribution < 1.29 is 9.59 Å². The fourth-order valence-electron chi connectivity index (χ4n) is 2.16. The molecule has 1 fully saturated rings. The first-order valence-corrected chi connectivity index (χ1v) is 7.49. The van der Waals surface area contributed by atoms with Crippen LogP contribution in [0.3, 0.4) is 0 Å². The van der Waals surface area contributed by atoms with Crippen molar-refractivity contribution in [1.29, 1.82) is 0 Å². The van der Waals surface area contributed by atoms with Crippen molar-refractivity contribution in [3.63, 3.8) is 0 Å². The van der Waals surface area contributed by atoms with Crippen molar-refractivity contribution in [2.45, 2.75) is 47.0 Å². The Hall–Kier alpha value is -0.810. The third-order valence-electron chi connectivity index (χ3n) is 3.84. The van der Waals surface area contributed by atoms with Gasteiger partial charge in [0.15, 0.2) is 0 Å². The molecule has 1 rings (SSSR count). The van der Waals surface area contributed by atoms with Crippen LogP contribution in [0, 0.1) is 10.8 Å². The molecule has 2 amide bonds. The number of hydrogen-bond acceptors (Lipinski definition) is 3. The Balaban J connectivity index is 0.00000400. The Morgan fingerprint density at radius 3 is 2.24 bits per heavy atom. The summed E-state index contributed by atoms with van der Waals surface area (Å²) in [6.07, 6.45) is 2.53.